The van der Waals surface area contributed by atoms with Gasteiger partial charge in [-0.05, 0) is 19.3 Å². The van der Waals surface area contributed by atoms with Crippen LogP contribution in [0.3, 0.4) is 0 Å². The maximum Gasteiger partial charge on any atom is 0.243 e. The average Bonchev–Trinajstić information content (AvgIpc) is 3.03. The zero-order valence-electron chi connectivity index (χ0n) is 13.5. The Balaban J connectivity index is 2.42. The smallest absolute Gasteiger partial charge is 0.243 e. The summed E-state index contributed by atoms with van der Waals surface area (Å²) in [6, 6.07) is 0.348. The first-order valence-corrected chi connectivity index (χ1v) is 9.33. The van der Waals surface area contributed by atoms with Gasteiger partial charge in [0, 0.05) is 18.2 Å². The molecule has 0 amide bonds. The summed E-state index contributed by atoms with van der Waals surface area (Å²) in [5.74, 6) is 0. The average molecular weight is 313 g/mol. The van der Waals surface area contributed by atoms with Crippen LogP contribution in [0.1, 0.15) is 71.5 Å². The monoisotopic (exact) mass is 313 g/mol. The van der Waals surface area contributed by atoms with Crippen molar-refractivity contribution in [2.24, 2.45) is 0 Å². The van der Waals surface area contributed by atoms with Crippen molar-refractivity contribution >= 4 is 10.0 Å². The number of hydrogen-bond donors (Lipinski definition) is 1. The molecule has 120 valence electrons. The second kappa shape index (κ2) is 6.08. The van der Waals surface area contributed by atoms with E-state index in [1.807, 2.05) is 32.4 Å². The molecule has 1 aliphatic carbocycles. The number of rotatable bonds is 5. The van der Waals surface area contributed by atoms with Crippen LogP contribution in [0.4, 0.5) is 0 Å². The van der Waals surface area contributed by atoms with Crippen molar-refractivity contribution in [2.75, 3.05) is 6.54 Å². The molecule has 1 saturated carbocycles. The van der Waals surface area contributed by atoms with Gasteiger partial charge in [0.05, 0.1) is 11.7 Å². The zero-order valence-corrected chi connectivity index (χ0v) is 14.3. The van der Waals surface area contributed by atoms with Crippen LogP contribution in [0.5, 0.6) is 0 Å². The van der Waals surface area contributed by atoms with E-state index in [1.165, 1.54) is 12.8 Å². The molecule has 1 heterocycles. The Morgan fingerprint density at radius 3 is 2.48 bits per heavy atom. The first-order valence-electron chi connectivity index (χ1n) is 7.85. The molecule has 1 aromatic rings. The molecule has 0 bridgehead atoms. The van der Waals surface area contributed by atoms with Gasteiger partial charge in [-0.3, -0.25) is 4.68 Å². The van der Waals surface area contributed by atoms with E-state index >= 15 is 0 Å². The summed E-state index contributed by atoms with van der Waals surface area (Å²) in [7, 11) is -3.48. The first-order chi connectivity index (χ1) is 9.75. The van der Waals surface area contributed by atoms with Gasteiger partial charge in [0.1, 0.15) is 4.90 Å². The third-order valence-electron chi connectivity index (χ3n) is 3.94. The highest BCUT2D eigenvalue weighted by Gasteiger charge is 2.31. The first kappa shape index (κ1) is 16.5. The summed E-state index contributed by atoms with van der Waals surface area (Å²) in [6.07, 6.45) is 7.09. The molecule has 21 heavy (non-hydrogen) atoms. The van der Waals surface area contributed by atoms with Gasteiger partial charge in [-0.2, -0.15) is 5.10 Å². The normalized spacial score (nSPS) is 17.5. The quantitative estimate of drug-likeness (QED) is 0.909. The highest BCUT2D eigenvalue weighted by Crippen LogP contribution is 2.33. The molecule has 6 heteroatoms. The number of nitrogens with one attached hydrogen (secondary N) is 1. The van der Waals surface area contributed by atoms with Gasteiger partial charge in [-0.15, -0.1) is 0 Å². The van der Waals surface area contributed by atoms with E-state index in [-0.39, 0.29) is 5.41 Å². The number of nitrogens with zero attached hydrogens (tertiary/aromatic N) is 2. The summed E-state index contributed by atoms with van der Waals surface area (Å²) >= 11 is 0. The Morgan fingerprint density at radius 1 is 1.33 bits per heavy atom. The lowest BCUT2D eigenvalue weighted by atomic mass is 9.92. The van der Waals surface area contributed by atoms with Crippen molar-refractivity contribution in [1.82, 2.24) is 14.5 Å². The predicted octanol–water partition coefficient (Wildman–Crippen LogP) is 2.98. The van der Waals surface area contributed by atoms with Gasteiger partial charge >= 0.3 is 0 Å². The summed E-state index contributed by atoms with van der Waals surface area (Å²) in [5, 5.41) is 4.64. The van der Waals surface area contributed by atoms with Crippen molar-refractivity contribution in [3.63, 3.8) is 0 Å². The lowest BCUT2D eigenvalue weighted by Crippen LogP contribution is -2.27. The SMILES string of the molecule is CCCNS(=O)(=O)c1cn(C2CCCC2)nc1C(C)(C)C. The zero-order chi connectivity index (χ0) is 15.7. The Hall–Kier alpha value is -0.880. The van der Waals surface area contributed by atoms with Crippen LogP contribution in [0, 0.1) is 0 Å². The standard InChI is InChI=1S/C15H27N3O2S/c1-5-10-16-21(19,20)13-11-18(12-8-6-7-9-12)17-14(13)15(2,3)4/h11-12,16H,5-10H2,1-4H3. The van der Waals surface area contributed by atoms with Gasteiger partial charge in [-0.1, -0.05) is 40.5 Å². The van der Waals surface area contributed by atoms with Crippen LogP contribution in [0.15, 0.2) is 11.1 Å². The van der Waals surface area contributed by atoms with Crippen molar-refractivity contribution in [3.8, 4) is 0 Å². The van der Waals surface area contributed by atoms with Crippen LogP contribution in [0.25, 0.3) is 0 Å². The molecule has 0 aromatic carbocycles. The van der Waals surface area contributed by atoms with Crippen LogP contribution in [-0.2, 0) is 15.4 Å². The minimum absolute atomic E-state index is 0.292. The Labute approximate surface area is 128 Å². The molecule has 1 fully saturated rings. The Kier molecular flexibility index (Phi) is 4.78. The maximum atomic E-state index is 12.5. The molecular weight excluding hydrogens is 286 g/mol. The van der Waals surface area contributed by atoms with Crippen LogP contribution in [-0.4, -0.2) is 24.7 Å². The highest BCUT2D eigenvalue weighted by molar-refractivity contribution is 7.89. The summed E-state index contributed by atoms with van der Waals surface area (Å²) in [5.41, 5.74) is 0.373. The van der Waals surface area contributed by atoms with Crippen molar-refractivity contribution in [3.05, 3.63) is 11.9 Å². The molecule has 2 rings (SSSR count). The molecule has 1 aliphatic rings. The van der Waals surface area contributed by atoms with Gasteiger partial charge < -0.3 is 0 Å². The summed E-state index contributed by atoms with van der Waals surface area (Å²) in [6.45, 7) is 8.43. The fourth-order valence-electron chi connectivity index (χ4n) is 2.76. The molecule has 0 unspecified atom stereocenters. The lowest BCUT2D eigenvalue weighted by Gasteiger charge is -2.17. The molecule has 0 spiro atoms. The maximum absolute atomic E-state index is 12.5. The molecule has 0 aliphatic heterocycles. The number of hydrogen-bond acceptors (Lipinski definition) is 3. The molecule has 5 nitrogen and oxygen atoms in total. The lowest BCUT2D eigenvalue weighted by molar-refractivity contribution is 0.448. The number of sulfonamides is 1. The van der Waals surface area contributed by atoms with E-state index in [2.05, 4.69) is 9.82 Å². The third kappa shape index (κ3) is 3.66. The van der Waals surface area contributed by atoms with Gasteiger partial charge in [-0.25, -0.2) is 13.1 Å². The minimum atomic E-state index is -3.48. The van der Waals surface area contributed by atoms with E-state index in [0.29, 0.717) is 23.2 Å². The summed E-state index contributed by atoms with van der Waals surface area (Å²) in [4.78, 5) is 0.343. The number of aromatic nitrogens is 2. The molecule has 0 radical (unpaired) electrons. The van der Waals surface area contributed by atoms with Gasteiger partial charge in [0.25, 0.3) is 0 Å². The molecular formula is C15H27N3O2S. The van der Waals surface area contributed by atoms with Crippen molar-refractivity contribution in [2.45, 2.75) is 76.2 Å². The largest absolute Gasteiger partial charge is 0.268 e. The second-order valence-electron chi connectivity index (χ2n) is 6.91. The third-order valence-corrected chi connectivity index (χ3v) is 5.40. The van der Waals surface area contributed by atoms with Crippen LogP contribution < -0.4 is 4.72 Å². The van der Waals surface area contributed by atoms with E-state index in [0.717, 1.165) is 19.3 Å². The molecule has 0 saturated heterocycles. The van der Waals surface area contributed by atoms with Crippen molar-refractivity contribution in [1.29, 1.82) is 0 Å². The van der Waals surface area contributed by atoms with Crippen molar-refractivity contribution < 1.29 is 8.42 Å². The Bertz CT molecular complexity index is 579. The van der Waals surface area contributed by atoms with Gasteiger partial charge in [0.15, 0.2) is 0 Å². The van der Waals surface area contributed by atoms with E-state index in [9.17, 15) is 8.42 Å². The molecule has 1 N–H and O–H groups in total. The van der Waals surface area contributed by atoms with Crippen LogP contribution in [0.2, 0.25) is 0 Å². The molecule has 1 aromatic heterocycles. The van der Waals surface area contributed by atoms with Crippen LogP contribution >= 0.6 is 0 Å². The second-order valence-corrected chi connectivity index (χ2v) is 8.64. The summed E-state index contributed by atoms with van der Waals surface area (Å²) < 4.78 is 29.6. The topological polar surface area (TPSA) is 64.0 Å². The fourth-order valence-corrected chi connectivity index (χ4v) is 4.24. The van der Waals surface area contributed by atoms with E-state index < -0.39 is 10.0 Å². The Morgan fingerprint density at radius 2 is 1.95 bits per heavy atom. The highest BCUT2D eigenvalue weighted by atomic mass is 32.2. The van der Waals surface area contributed by atoms with Gasteiger partial charge in [0.2, 0.25) is 10.0 Å². The minimum Gasteiger partial charge on any atom is -0.268 e. The molecule has 0 atom stereocenters. The predicted molar refractivity (Wildman–Crippen MR) is 83.9 cm³/mol. The fraction of sp³-hybridized carbons (Fsp3) is 0.800. The van der Waals surface area contributed by atoms with E-state index in [1.54, 1.807) is 6.20 Å². The van der Waals surface area contributed by atoms with E-state index in [4.69, 9.17) is 0 Å².